The van der Waals surface area contributed by atoms with E-state index in [0.29, 0.717) is 16.9 Å². The van der Waals surface area contributed by atoms with Gasteiger partial charge in [-0.1, -0.05) is 24.3 Å². The number of imide groups is 1. The second-order valence-corrected chi connectivity index (χ2v) is 9.39. The fraction of sp³-hybridized carbons (Fsp3) is 0.130. The third-order valence-corrected chi connectivity index (χ3v) is 7.38. The molecule has 3 N–H and O–H groups in total. The zero-order chi connectivity index (χ0) is 22.8. The number of nitrogens with zero attached hydrogens (tertiary/aromatic N) is 2. The van der Waals surface area contributed by atoms with Crippen LogP contribution in [0, 0.1) is 18.3 Å². The van der Waals surface area contributed by atoms with Gasteiger partial charge in [0, 0.05) is 22.7 Å². The first-order chi connectivity index (χ1) is 15.4. The molecule has 0 bridgehead atoms. The van der Waals surface area contributed by atoms with Crippen molar-refractivity contribution in [1.29, 1.82) is 5.26 Å². The zero-order valence-corrected chi connectivity index (χ0v) is 18.6. The molecular weight excluding hydrogens is 444 g/mol. The largest absolute Gasteiger partial charge is 0.399 e. The van der Waals surface area contributed by atoms with E-state index in [4.69, 9.17) is 5.73 Å². The predicted molar refractivity (Wildman–Crippen MR) is 126 cm³/mol. The number of hydrogen-bond acceptors (Lipinski definition) is 7. The summed E-state index contributed by atoms with van der Waals surface area (Å²) in [7, 11) is 0. The van der Waals surface area contributed by atoms with Crippen LogP contribution in [-0.4, -0.2) is 23.0 Å². The molecule has 2 heterocycles. The molecule has 1 aliphatic heterocycles. The van der Waals surface area contributed by atoms with Gasteiger partial charge < -0.3 is 11.1 Å². The molecule has 1 atom stereocenters. The first-order valence-electron chi connectivity index (χ1n) is 9.68. The van der Waals surface area contributed by atoms with Gasteiger partial charge in [0.1, 0.15) is 11.1 Å². The first-order valence-corrected chi connectivity index (χ1v) is 11.4. The van der Waals surface area contributed by atoms with Crippen LogP contribution in [0.4, 0.5) is 16.4 Å². The number of para-hydroxylation sites is 1. The standard InChI is InChI=1S/C23H18N4O3S2/c1-13-17(12-24)23(32-20(13)21(29)26-15-7-3-2-4-8-15)27-19(28)11-18(22(27)30)31-16-9-5-6-14(25)10-16/h2-10,18H,11,25H2,1H3,(H,26,29). The third-order valence-electron chi connectivity index (χ3n) is 4.92. The number of hydrogen-bond donors (Lipinski definition) is 2. The second kappa shape index (κ2) is 8.86. The third kappa shape index (κ3) is 4.10. The van der Waals surface area contributed by atoms with E-state index in [1.165, 1.54) is 11.8 Å². The SMILES string of the molecule is Cc1c(C(=O)Nc2ccccc2)sc(N2C(=O)CC(Sc3cccc(N)c3)C2=O)c1C#N. The lowest BCUT2D eigenvalue weighted by Crippen LogP contribution is -2.31. The Morgan fingerprint density at radius 3 is 2.66 bits per heavy atom. The van der Waals surface area contributed by atoms with Crippen LogP contribution in [0.1, 0.15) is 27.2 Å². The van der Waals surface area contributed by atoms with E-state index < -0.39 is 23.0 Å². The number of nitriles is 1. The molecule has 9 heteroatoms. The number of benzene rings is 2. The molecule has 0 aliphatic carbocycles. The molecule has 1 unspecified atom stereocenters. The van der Waals surface area contributed by atoms with Crippen molar-refractivity contribution < 1.29 is 14.4 Å². The maximum Gasteiger partial charge on any atom is 0.266 e. The lowest BCUT2D eigenvalue weighted by atomic mass is 10.1. The highest BCUT2D eigenvalue weighted by Crippen LogP contribution is 2.41. The van der Waals surface area contributed by atoms with Crippen LogP contribution >= 0.6 is 23.1 Å². The van der Waals surface area contributed by atoms with E-state index in [9.17, 15) is 19.6 Å². The van der Waals surface area contributed by atoms with E-state index in [1.807, 2.05) is 12.1 Å². The normalized spacial score (nSPS) is 15.6. The summed E-state index contributed by atoms with van der Waals surface area (Å²) in [5.41, 5.74) is 7.58. The topological polar surface area (TPSA) is 116 Å². The molecule has 0 spiro atoms. The predicted octanol–water partition coefficient (Wildman–Crippen LogP) is 4.19. The van der Waals surface area contributed by atoms with Gasteiger partial charge in [-0.3, -0.25) is 14.4 Å². The van der Waals surface area contributed by atoms with Crippen molar-refractivity contribution in [3.05, 3.63) is 70.6 Å². The summed E-state index contributed by atoms with van der Waals surface area (Å²) in [6.45, 7) is 1.64. The van der Waals surface area contributed by atoms with Gasteiger partial charge in [0.25, 0.3) is 5.91 Å². The molecule has 3 aromatic rings. The first kappa shape index (κ1) is 21.6. The van der Waals surface area contributed by atoms with Gasteiger partial charge in [0.05, 0.1) is 15.7 Å². The summed E-state index contributed by atoms with van der Waals surface area (Å²) >= 11 is 2.23. The smallest absolute Gasteiger partial charge is 0.266 e. The van der Waals surface area contributed by atoms with Crippen LogP contribution in [0.2, 0.25) is 0 Å². The quantitative estimate of drug-likeness (QED) is 0.434. The Kier molecular flexibility index (Phi) is 5.99. The Balaban J connectivity index is 1.62. The molecule has 1 aliphatic rings. The van der Waals surface area contributed by atoms with Gasteiger partial charge in [-0.2, -0.15) is 5.26 Å². The summed E-state index contributed by atoms with van der Waals surface area (Å²) in [6.07, 6.45) is 0.00562. The molecular formula is C23H18N4O3S2. The summed E-state index contributed by atoms with van der Waals surface area (Å²) in [4.78, 5) is 40.8. The Hall–Kier alpha value is -3.61. The van der Waals surface area contributed by atoms with Gasteiger partial charge in [0.15, 0.2) is 0 Å². The van der Waals surface area contributed by atoms with Crippen LogP contribution in [0.15, 0.2) is 59.5 Å². The van der Waals surface area contributed by atoms with Crippen molar-refractivity contribution in [3.8, 4) is 6.07 Å². The number of anilines is 3. The van der Waals surface area contributed by atoms with E-state index in [-0.39, 0.29) is 21.9 Å². The molecule has 1 aromatic heterocycles. The molecule has 32 heavy (non-hydrogen) atoms. The zero-order valence-electron chi connectivity index (χ0n) is 17.0. The lowest BCUT2D eigenvalue weighted by molar-refractivity contribution is -0.121. The number of rotatable bonds is 5. The highest BCUT2D eigenvalue weighted by atomic mass is 32.2. The number of carbonyl (C=O) groups is 3. The number of nitrogens with one attached hydrogen (secondary N) is 1. The number of amides is 3. The Labute approximate surface area is 192 Å². The molecule has 0 radical (unpaired) electrons. The molecule has 7 nitrogen and oxygen atoms in total. The number of nitrogens with two attached hydrogens (primary N) is 1. The monoisotopic (exact) mass is 462 g/mol. The number of carbonyl (C=O) groups excluding carboxylic acids is 3. The average Bonchev–Trinajstić information content (AvgIpc) is 3.23. The van der Waals surface area contributed by atoms with Crippen LogP contribution in [-0.2, 0) is 9.59 Å². The summed E-state index contributed by atoms with van der Waals surface area (Å²) in [5, 5.41) is 12.1. The van der Waals surface area contributed by atoms with E-state index in [2.05, 4.69) is 11.4 Å². The average molecular weight is 463 g/mol. The lowest BCUT2D eigenvalue weighted by Gasteiger charge is -2.13. The van der Waals surface area contributed by atoms with Crippen molar-refractivity contribution in [2.45, 2.75) is 23.5 Å². The van der Waals surface area contributed by atoms with Crippen molar-refractivity contribution in [3.63, 3.8) is 0 Å². The van der Waals surface area contributed by atoms with E-state index in [0.717, 1.165) is 21.1 Å². The van der Waals surface area contributed by atoms with E-state index >= 15 is 0 Å². The van der Waals surface area contributed by atoms with E-state index in [1.54, 1.807) is 49.4 Å². The Bertz CT molecular complexity index is 1260. The van der Waals surface area contributed by atoms with Gasteiger partial charge in [-0.15, -0.1) is 23.1 Å². The Morgan fingerprint density at radius 2 is 1.97 bits per heavy atom. The highest BCUT2D eigenvalue weighted by molar-refractivity contribution is 8.00. The molecule has 4 rings (SSSR count). The second-order valence-electron chi connectivity index (χ2n) is 7.12. The highest BCUT2D eigenvalue weighted by Gasteiger charge is 2.42. The van der Waals surface area contributed by atoms with Crippen molar-refractivity contribution >= 4 is 57.2 Å². The minimum atomic E-state index is -0.625. The van der Waals surface area contributed by atoms with Crippen molar-refractivity contribution in [2.75, 3.05) is 16.0 Å². The number of thiophene rings is 1. The van der Waals surface area contributed by atoms with Crippen molar-refractivity contribution in [1.82, 2.24) is 0 Å². The summed E-state index contributed by atoms with van der Waals surface area (Å²) < 4.78 is 0. The minimum absolute atomic E-state index is 0.00562. The molecule has 0 saturated carbocycles. The molecule has 1 saturated heterocycles. The van der Waals surface area contributed by atoms with Crippen molar-refractivity contribution in [2.24, 2.45) is 0 Å². The van der Waals surface area contributed by atoms with Crippen LogP contribution in [0.25, 0.3) is 0 Å². The molecule has 160 valence electrons. The fourth-order valence-electron chi connectivity index (χ4n) is 3.37. The van der Waals surface area contributed by atoms with Gasteiger partial charge in [-0.05, 0) is 42.8 Å². The number of thioether (sulfide) groups is 1. The van der Waals surface area contributed by atoms with Crippen LogP contribution in [0.5, 0.6) is 0 Å². The molecule has 3 amide bonds. The van der Waals surface area contributed by atoms with Gasteiger partial charge in [-0.25, -0.2) is 4.90 Å². The van der Waals surface area contributed by atoms with Crippen LogP contribution < -0.4 is 16.0 Å². The number of nitrogen functional groups attached to an aromatic ring is 1. The van der Waals surface area contributed by atoms with Gasteiger partial charge in [0.2, 0.25) is 11.8 Å². The maximum atomic E-state index is 13.1. The summed E-state index contributed by atoms with van der Waals surface area (Å²) in [6, 6.07) is 18.1. The van der Waals surface area contributed by atoms with Gasteiger partial charge >= 0.3 is 0 Å². The molecule has 2 aromatic carbocycles. The summed E-state index contributed by atoms with van der Waals surface area (Å²) in [5.74, 6) is -1.20. The Morgan fingerprint density at radius 1 is 1.22 bits per heavy atom. The maximum absolute atomic E-state index is 13.1. The fourth-order valence-corrected chi connectivity index (χ4v) is 5.67. The minimum Gasteiger partial charge on any atom is -0.399 e. The molecule has 1 fully saturated rings. The van der Waals surface area contributed by atoms with Crippen LogP contribution in [0.3, 0.4) is 0 Å².